The van der Waals surface area contributed by atoms with Gasteiger partial charge in [0.05, 0.1) is 17.7 Å². The lowest BCUT2D eigenvalue weighted by Crippen LogP contribution is -2.43. The van der Waals surface area contributed by atoms with Crippen LogP contribution in [0.2, 0.25) is 0 Å². The number of rotatable bonds is 6. The van der Waals surface area contributed by atoms with Crippen LogP contribution >= 0.6 is 11.6 Å². The molecule has 0 bridgehead atoms. The number of fused-ring (bicyclic) bond motifs is 1. The molecule has 1 aromatic rings. The number of carbonyl (C=O) groups is 2. The van der Waals surface area contributed by atoms with Crippen LogP contribution in [0.1, 0.15) is 33.9 Å². The average molecular weight is 433 g/mol. The molecular formula is C18H22ClFN2O7. The highest BCUT2D eigenvalue weighted by Gasteiger charge is 2.93. The molecule has 29 heavy (non-hydrogen) atoms. The largest absolute Gasteiger partial charge is 0.454 e. The number of aromatic nitrogens is 2. The van der Waals surface area contributed by atoms with E-state index in [2.05, 4.69) is 0 Å². The molecule has 1 saturated heterocycles. The first-order chi connectivity index (χ1) is 13.5. The second-order valence-electron chi connectivity index (χ2n) is 7.79. The Labute approximate surface area is 170 Å². The van der Waals surface area contributed by atoms with E-state index in [1.165, 1.54) is 0 Å². The molecule has 1 aliphatic carbocycles. The molecule has 0 aromatic carbocycles. The second-order valence-corrected chi connectivity index (χ2v) is 8.06. The lowest BCUT2D eigenvalue weighted by Gasteiger charge is -2.25. The topological polar surface area (TPSA) is 117 Å². The fraction of sp³-hybridized carbons (Fsp3) is 0.667. The van der Waals surface area contributed by atoms with Crippen LogP contribution in [-0.2, 0) is 23.8 Å². The van der Waals surface area contributed by atoms with Crippen LogP contribution in [-0.4, -0.2) is 50.8 Å². The number of aromatic amines is 1. The first-order valence-corrected chi connectivity index (χ1v) is 9.68. The summed E-state index contributed by atoms with van der Waals surface area (Å²) in [6, 6.07) is 1.03. The molecule has 0 amide bonds. The van der Waals surface area contributed by atoms with E-state index in [9.17, 15) is 19.2 Å². The van der Waals surface area contributed by atoms with Crippen LogP contribution in [0, 0.1) is 11.8 Å². The summed E-state index contributed by atoms with van der Waals surface area (Å²) in [7, 11) is 0. The Balaban J connectivity index is 2.03. The van der Waals surface area contributed by atoms with Crippen molar-refractivity contribution in [3.8, 4) is 0 Å². The quantitative estimate of drug-likeness (QED) is 0.524. The summed E-state index contributed by atoms with van der Waals surface area (Å²) in [6.07, 6.45) is -3.82. The summed E-state index contributed by atoms with van der Waals surface area (Å²) in [5, 5.41) is 0. The number of esters is 2. The van der Waals surface area contributed by atoms with Gasteiger partial charge >= 0.3 is 17.6 Å². The molecule has 2 fully saturated rings. The molecule has 1 saturated carbocycles. The van der Waals surface area contributed by atoms with Gasteiger partial charge in [-0.05, 0) is 0 Å². The zero-order valence-electron chi connectivity index (χ0n) is 16.3. The molecule has 2 heterocycles. The number of H-pyrrole nitrogens is 1. The van der Waals surface area contributed by atoms with Gasteiger partial charge in [-0.1, -0.05) is 27.7 Å². The van der Waals surface area contributed by atoms with Crippen molar-refractivity contribution in [1.29, 1.82) is 0 Å². The highest BCUT2D eigenvalue weighted by atomic mass is 35.5. The van der Waals surface area contributed by atoms with Crippen molar-refractivity contribution in [1.82, 2.24) is 9.55 Å². The van der Waals surface area contributed by atoms with E-state index in [1.54, 1.807) is 27.7 Å². The molecule has 11 heteroatoms. The number of halogens is 2. The number of alkyl halides is 2. The third-order valence-corrected chi connectivity index (χ3v) is 5.55. The molecule has 160 valence electrons. The van der Waals surface area contributed by atoms with E-state index in [0.717, 1.165) is 16.8 Å². The van der Waals surface area contributed by atoms with Crippen molar-refractivity contribution in [2.45, 2.75) is 57.4 Å². The predicted molar refractivity (Wildman–Crippen MR) is 98.2 cm³/mol. The highest BCUT2D eigenvalue weighted by molar-refractivity contribution is 6.19. The second kappa shape index (κ2) is 7.24. The van der Waals surface area contributed by atoms with Gasteiger partial charge in [-0.15, -0.1) is 11.6 Å². The Morgan fingerprint density at radius 3 is 2.41 bits per heavy atom. The van der Waals surface area contributed by atoms with Gasteiger partial charge in [-0.25, -0.2) is 9.18 Å². The summed E-state index contributed by atoms with van der Waals surface area (Å²) in [6.45, 7) is 6.31. The van der Waals surface area contributed by atoms with Gasteiger partial charge < -0.3 is 14.2 Å². The Morgan fingerprint density at radius 2 is 1.90 bits per heavy atom. The summed E-state index contributed by atoms with van der Waals surface area (Å²) < 4.78 is 33.1. The standard InChI is InChI=1S/C18H22ClFN2O7/c1-8(2)13(24)27-15-17(7-19)18(15,29-14(25)9(3)4)11(20)12(28-17)22-6-5-10(23)21-16(22)26/h5-6,8-9,11-12,15H,7H2,1-4H3,(H,21,23,26)/t11-,12+,15+,17+,18+/m0/s1. The monoisotopic (exact) mass is 432 g/mol. The maximum absolute atomic E-state index is 15.7. The lowest BCUT2D eigenvalue weighted by atomic mass is 10.1. The highest BCUT2D eigenvalue weighted by Crippen LogP contribution is 2.67. The van der Waals surface area contributed by atoms with Crippen LogP contribution < -0.4 is 11.2 Å². The summed E-state index contributed by atoms with van der Waals surface area (Å²) in [5.74, 6) is -2.84. The van der Waals surface area contributed by atoms with Gasteiger partial charge in [-0.3, -0.25) is 23.9 Å². The van der Waals surface area contributed by atoms with Crippen LogP contribution in [0.5, 0.6) is 0 Å². The first kappa shape index (κ1) is 21.5. The Bertz CT molecular complexity index is 945. The molecule has 5 atom stereocenters. The van der Waals surface area contributed by atoms with Crippen molar-refractivity contribution in [2.24, 2.45) is 11.8 Å². The van der Waals surface area contributed by atoms with E-state index in [4.69, 9.17) is 25.8 Å². The SMILES string of the molecule is CC(C)C(=O)O[C@H]1[C@]2(OC(=O)C(C)C)[C@@H](F)[C@H](n3ccc(=O)[nH]c3=O)O[C@]12CCl. The van der Waals surface area contributed by atoms with Gasteiger partial charge in [0.25, 0.3) is 5.56 Å². The number of hydrogen-bond donors (Lipinski definition) is 1. The first-order valence-electron chi connectivity index (χ1n) is 9.14. The van der Waals surface area contributed by atoms with Gasteiger partial charge in [0.2, 0.25) is 5.60 Å². The normalized spacial score (nSPS) is 32.9. The smallest absolute Gasteiger partial charge is 0.330 e. The van der Waals surface area contributed by atoms with Crippen LogP contribution in [0.4, 0.5) is 4.39 Å². The lowest BCUT2D eigenvalue weighted by molar-refractivity contribution is -0.172. The molecule has 1 aliphatic heterocycles. The summed E-state index contributed by atoms with van der Waals surface area (Å²) in [4.78, 5) is 49.8. The summed E-state index contributed by atoms with van der Waals surface area (Å²) >= 11 is 6.06. The van der Waals surface area contributed by atoms with Crippen LogP contribution in [0.3, 0.4) is 0 Å². The molecule has 0 spiro atoms. The van der Waals surface area contributed by atoms with Gasteiger partial charge in [0.1, 0.15) is 0 Å². The molecule has 0 unspecified atom stereocenters. The molecule has 2 aliphatic rings. The zero-order chi connectivity index (χ0) is 21.7. The summed E-state index contributed by atoms with van der Waals surface area (Å²) in [5.41, 5.74) is -5.23. The number of ether oxygens (including phenoxy) is 3. The number of carbonyl (C=O) groups excluding carboxylic acids is 2. The Kier molecular flexibility index (Phi) is 5.37. The number of nitrogens with one attached hydrogen (secondary N) is 1. The third-order valence-electron chi connectivity index (χ3n) is 5.15. The minimum atomic E-state index is -2.09. The van der Waals surface area contributed by atoms with E-state index in [0.29, 0.717) is 0 Å². The van der Waals surface area contributed by atoms with E-state index < -0.39 is 64.7 Å². The van der Waals surface area contributed by atoms with Crippen LogP contribution in [0.15, 0.2) is 21.9 Å². The average Bonchev–Trinajstić information content (AvgIpc) is 3.08. The number of nitrogens with zero attached hydrogens (tertiary/aromatic N) is 1. The van der Waals surface area contributed by atoms with Gasteiger partial charge in [-0.2, -0.15) is 0 Å². The molecule has 1 N–H and O–H groups in total. The molecule has 9 nitrogen and oxygen atoms in total. The van der Waals surface area contributed by atoms with E-state index >= 15 is 4.39 Å². The molecule has 0 radical (unpaired) electrons. The maximum atomic E-state index is 15.7. The van der Waals surface area contributed by atoms with Crippen LogP contribution in [0.25, 0.3) is 0 Å². The third kappa shape index (κ3) is 3.09. The number of hydrogen-bond acceptors (Lipinski definition) is 7. The van der Waals surface area contributed by atoms with Crippen molar-refractivity contribution in [3.63, 3.8) is 0 Å². The molecule has 1 aromatic heterocycles. The van der Waals surface area contributed by atoms with Crippen molar-refractivity contribution in [2.75, 3.05) is 5.88 Å². The fourth-order valence-corrected chi connectivity index (χ4v) is 3.85. The molecule has 3 rings (SSSR count). The maximum Gasteiger partial charge on any atom is 0.330 e. The minimum absolute atomic E-state index is 0.358. The van der Waals surface area contributed by atoms with Crippen molar-refractivity contribution in [3.05, 3.63) is 33.1 Å². The zero-order valence-corrected chi connectivity index (χ0v) is 17.1. The fourth-order valence-electron chi connectivity index (χ4n) is 3.43. The molecular weight excluding hydrogens is 411 g/mol. The van der Waals surface area contributed by atoms with E-state index in [-0.39, 0.29) is 5.88 Å². The van der Waals surface area contributed by atoms with Gasteiger partial charge in [0, 0.05) is 12.3 Å². The minimum Gasteiger partial charge on any atom is -0.454 e. The van der Waals surface area contributed by atoms with Gasteiger partial charge in [0.15, 0.2) is 24.1 Å². The predicted octanol–water partition coefficient (Wildman–Crippen LogP) is 0.900. The Morgan fingerprint density at radius 1 is 1.28 bits per heavy atom. The van der Waals surface area contributed by atoms with E-state index in [1.807, 2.05) is 4.98 Å². The van der Waals surface area contributed by atoms with Crippen molar-refractivity contribution < 1.29 is 28.2 Å². The van der Waals surface area contributed by atoms with Crippen molar-refractivity contribution >= 4 is 23.5 Å². The Hall–Kier alpha value is -2.20.